The molecule has 0 saturated heterocycles. The molecule has 0 aliphatic heterocycles. The molecule has 0 aromatic carbocycles. The van der Waals surface area contributed by atoms with Crippen molar-refractivity contribution < 1.29 is 14.6 Å². The quantitative estimate of drug-likeness (QED) is 0.817. The van der Waals surface area contributed by atoms with Crippen molar-refractivity contribution in [2.45, 2.75) is 31.4 Å². The van der Waals surface area contributed by atoms with Gasteiger partial charge in [-0.25, -0.2) is 14.8 Å². The summed E-state index contributed by atoms with van der Waals surface area (Å²) in [5.74, 6) is -0.705. The van der Waals surface area contributed by atoms with Gasteiger partial charge in [0.1, 0.15) is 0 Å². The van der Waals surface area contributed by atoms with Crippen LogP contribution in [0.15, 0.2) is 12.3 Å². The Morgan fingerprint density at radius 2 is 2.41 bits per heavy atom. The average molecular weight is 237 g/mol. The Morgan fingerprint density at radius 1 is 1.59 bits per heavy atom. The number of aromatic carboxylic acids is 1. The molecular weight excluding hydrogens is 222 g/mol. The van der Waals surface area contributed by atoms with E-state index in [1.807, 2.05) is 0 Å². The minimum absolute atomic E-state index is 0.00513. The van der Waals surface area contributed by atoms with Gasteiger partial charge in [0.05, 0.1) is 12.1 Å². The summed E-state index contributed by atoms with van der Waals surface area (Å²) in [4.78, 5) is 18.7. The number of rotatable bonds is 4. The number of hydrogen-bond acceptors (Lipinski definition) is 5. The Hall–Kier alpha value is -1.69. The van der Waals surface area contributed by atoms with E-state index in [1.165, 1.54) is 12.3 Å². The van der Waals surface area contributed by atoms with Gasteiger partial charge in [-0.15, -0.1) is 0 Å². The molecule has 17 heavy (non-hydrogen) atoms. The van der Waals surface area contributed by atoms with Gasteiger partial charge in [0.15, 0.2) is 5.69 Å². The highest BCUT2D eigenvalue weighted by molar-refractivity contribution is 5.85. The molecule has 0 amide bonds. The van der Waals surface area contributed by atoms with Crippen LogP contribution in [-0.4, -0.2) is 40.3 Å². The molecule has 1 heterocycles. The normalized spacial score (nSPS) is 23.6. The molecule has 1 fully saturated rings. The summed E-state index contributed by atoms with van der Waals surface area (Å²) in [6.07, 6.45) is 4.67. The summed E-state index contributed by atoms with van der Waals surface area (Å²) in [6.45, 7) is 0. The third-order valence-electron chi connectivity index (χ3n) is 2.94. The molecule has 1 aromatic heterocycles. The van der Waals surface area contributed by atoms with Crippen LogP contribution < -0.4 is 5.32 Å². The van der Waals surface area contributed by atoms with Crippen LogP contribution >= 0.6 is 0 Å². The number of carbonyl (C=O) groups is 1. The molecule has 2 atom stereocenters. The predicted molar refractivity (Wildman–Crippen MR) is 61.1 cm³/mol. The van der Waals surface area contributed by atoms with Crippen LogP contribution in [0, 0.1) is 0 Å². The van der Waals surface area contributed by atoms with Gasteiger partial charge < -0.3 is 15.2 Å². The highest BCUT2D eigenvalue weighted by atomic mass is 16.5. The summed E-state index contributed by atoms with van der Waals surface area (Å²) in [5.41, 5.74) is -0.00513. The molecule has 1 saturated carbocycles. The van der Waals surface area contributed by atoms with Gasteiger partial charge in [-0.2, -0.15) is 0 Å². The zero-order valence-corrected chi connectivity index (χ0v) is 9.59. The highest BCUT2D eigenvalue weighted by Crippen LogP contribution is 2.23. The van der Waals surface area contributed by atoms with E-state index < -0.39 is 5.97 Å². The van der Waals surface area contributed by atoms with E-state index >= 15 is 0 Å². The molecule has 1 aliphatic carbocycles. The Kier molecular flexibility index (Phi) is 3.53. The second-order valence-corrected chi connectivity index (χ2v) is 4.03. The first kappa shape index (κ1) is 11.8. The summed E-state index contributed by atoms with van der Waals surface area (Å²) in [6, 6.07) is 1.53. The Balaban J connectivity index is 2.07. The molecule has 92 valence electrons. The first-order chi connectivity index (χ1) is 8.20. The number of carboxylic acid groups (broad SMARTS) is 1. The lowest BCUT2D eigenvalue weighted by Crippen LogP contribution is -2.30. The number of anilines is 1. The molecule has 6 nitrogen and oxygen atoms in total. The van der Waals surface area contributed by atoms with Crippen molar-refractivity contribution in [2.24, 2.45) is 0 Å². The molecular formula is C11H15N3O3. The maximum absolute atomic E-state index is 10.8. The van der Waals surface area contributed by atoms with Crippen LogP contribution in [0.1, 0.15) is 29.8 Å². The summed E-state index contributed by atoms with van der Waals surface area (Å²) in [7, 11) is 1.68. The van der Waals surface area contributed by atoms with Crippen molar-refractivity contribution in [2.75, 3.05) is 12.4 Å². The fraction of sp³-hybridized carbons (Fsp3) is 0.545. The molecule has 0 bridgehead atoms. The highest BCUT2D eigenvalue weighted by Gasteiger charge is 2.27. The molecule has 1 aliphatic rings. The molecule has 0 spiro atoms. The van der Waals surface area contributed by atoms with Gasteiger partial charge >= 0.3 is 5.97 Å². The largest absolute Gasteiger partial charge is 0.477 e. The number of nitrogens with zero attached hydrogens (tertiary/aromatic N) is 2. The lowest BCUT2D eigenvalue weighted by atomic mass is 10.2. The number of carboxylic acids is 1. The van der Waals surface area contributed by atoms with Crippen molar-refractivity contribution in [3.8, 4) is 0 Å². The molecule has 1 aromatic rings. The second-order valence-electron chi connectivity index (χ2n) is 4.03. The SMILES string of the molecule is COC1CCCC1Nc1nccc(C(=O)O)n1. The first-order valence-corrected chi connectivity index (χ1v) is 5.56. The van der Waals surface area contributed by atoms with Gasteiger partial charge in [-0.1, -0.05) is 0 Å². The number of hydrogen-bond donors (Lipinski definition) is 2. The van der Waals surface area contributed by atoms with Crippen molar-refractivity contribution in [1.82, 2.24) is 9.97 Å². The Bertz CT molecular complexity index is 411. The van der Waals surface area contributed by atoms with Crippen molar-refractivity contribution in [3.63, 3.8) is 0 Å². The maximum Gasteiger partial charge on any atom is 0.354 e. The number of methoxy groups -OCH3 is 1. The van der Waals surface area contributed by atoms with E-state index in [1.54, 1.807) is 7.11 Å². The van der Waals surface area contributed by atoms with E-state index in [4.69, 9.17) is 9.84 Å². The van der Waals surface area contributed by atoms with E-state index in [-0.39, 0.29) is 17.8 Å². The minimum atomic E-state index is -1.05. The Labute approximate surface area is 99.0 Å². The standard InChI is InChI=1S/C11H15N3O3/c1-17-9-4-2-3-7(9)13-11-12-6-5-8(14-11)10(15)16/h5-7,9H,2-4H2,1H3,(H,15,16)(H,12,13,14). The van der Waals surface area contributed by atoms with Crippen LogP contribution in [0.25, 0.3) is 0 Å². The number of aromatic nitrogens is 2. The maximum atomic E-state index is 10.8. The van der Waals surface area contributed by atoms with Gasteiger partial charge in [0.25, 0.3) is 0 Å². The lowest BCUT2D eigenvalue weighted by Gasteiger charge is -2.19. The third kappa shape index (κ3) is 2.71. The zero-order chi connectivity index (χ0) is 12.3. The molecule has 0 radical (unpaired) electrons. The lowest BCUT2D eigenvalue weighted by molar-refractivity contribution is 0.0690. The second kappa shape index (κ2) is 5.09. The molecule has 2 N–H and O–H groups in total. The number of nitrogens with one attached hydrogen (secondary N) is 1. The zero-order valence-electron chi connectivity index (χ0n) is 9.59. The van der Waals surface area contributed by atoms with Crippen LogP contribution in [0.5, 0.6) is 0 Å². The predicted octanol–water partition coefficient (Wildman–Crippen LogP) is 1.15. The average Bonchev–Trinajstić information content (AvgIpc) is 2.76. The van der Waals surface area contributed by atoms with Crippen molar-refractivity contribution >= 4 is 11.9 Å². The monoisotopic (exact) mass is 237 g/mol. The molecule has 2 unspecified atom stereocenters. The van der Waals surface area contributed by atoms with Gasteiger partial charge in [0.2, 0.25) is 5.95 Å². The van der Waals surface area contributed by atoms with Crippen LogP contribution in [0.2, 0.25) is 0 Å². The van der Waals surface area contributed by atoms with Gasteiger partial charge in [-0.05, 0) is 25.3 Å². The Morgan fingerprint density at radius 3 is 3.12 bits per heavy atom. The van der Waals surface area contributed by atoms with Crippen LogP contribution in [0.3, 0.4) is 0 Å². The van der Waals surface area contributed by atoms with Gasteiger partial charge in [0, 0.05) is 13.3 Å². The van der Waals surface area contributed by atoms with E-state index in [2.05, 4.69) is 15.3 Å². The summed E-state index contributed by atoms with van der Waals surface area (Å²) >= 11 is 0. The number of ether oxygens (including phenoxy) is 1. The van der Waals surface area contributed by atoms with Gasteiger partial charge in [-0.3, -0.25) is 0 Å². The van der Waals surface area contributed by atoms with E-state index in [9.17, 15) is 4.79 Å². The van der Waals surface area contributed by atoms with E-state index in [0.717, 1.165) is 19.3 Å². The smallest absolute Gasteiger partial charge is 0.354 e. The van der Waals surface area contributed by atoms with Crippen molar-refractivity contribution in [3.05, 3.63) is 18.0 Å². The third-order valence-corrected chi connectivity index (χ3v) is 2.94. The van der Waals surface area contributed by atoms with E-state index in [0.29, 0.717) is 5.95 Å². The molecule has 2 rings (SSSR count). The van der Waals surface area contributed by atoms with Crippen LogP contribution in [0.4, 0.5) is 5.95 Å². The first-order valence-electron chi connectivity index (χ1n) is 5.56. The fourth-order valence-electron chi connectivity index (χ4n) is 2.09. The van der Waals surface area contributed by atoms with Crippen LogP contribution in [-0.2, 0) is 4.74 Å². The van der Waals surface area contributed by atoms with Crippen molar-refractivity contribution in [1.29, 1.82) is 0 Å². The fourth-order valence-corrected chi connectivity index (χ4v) is 2.09. The summed E-state index contributed by atoms with van der Waals surface area (Å²) in [5, 5.41) is 12.0. The molecule has 6 heteroatoms. The topological polar surface area (TPSA) is 84.3 Å². The summed E-state index contributed by atoms with van der Waals surface area (Å²) < 4.78 is 5.34. The minimum Gasteiger partial charge on any atom is -0.477 e.